The van der Waals surface area contributed by atoms with Gasteiger partial charge in [0.15, 0.2) is 0 Å². The van der Waals surface area contributed by atoms with Crippen molar-refractivity contribution in [3.8, 4) is 0 Å². The highest BCUT2D eigenvalue weighted by atomic mass is 16.2. The maximum atomic E-state index is 12.8. The molecule has 0 bridgehead atoms. The third-order valence-electron chi connectivity index (χ3n) is 5.43. The van der Waals surface area contributed by atoms with E-state index < -0.39 is 0 Å². The number of anilines is 1. The van der Waals surface area contributed by atoms with E-state index in [-0.39, 0.29) is 5.91 Å². The van der Waals surface area contributed by atoms with Crippen LogP contribution in [-0.2, 0) is 24.1 Å². The summed E-state index contributed by atoms with van der Waals surface area (Å²) in [7, 11) is 0. The second-order valence-electron chi connectivity index (χ2n) is 7.12. The number of piperazine rings is 1. The fourth-order valence-electron chi connectivity index (χ4n) is 3.77. The number of H-pyrrole nitrogens is 1. The zero-order valence-corrected chi connectivity index (χ0v) is 16.5. The maximum Gasteiger partial charge on any atom is 0.245 e. The molecule has 7 nitrogen and oxygen atoms in total. The van der Waals surface area contributed by atoms with Crippen LogP contribution in [0.3, 0.4) is 0 Å². The normalized spacial score (nSPS) is 14.6. The lowest BCUT2D eigenvalue weighted by Crippen LogP contribution is -2.49. The highest BCUT2D eigenvalue weighted by molar-refractivity contribution is 5.89. The minimum atomic E-state index is 0.166. The van der Waals surface area contributed by atoms with E-state index in [0.29, 0.717) is 25.5 Å². The highest BCUT2D eigenvalue weighted by Crippen LogP contribution is 2.19. The zero-order chi connectivity index (χ0) is 19.5. The summed E-state index contributed by atoms with van der Waals surface area (Å²) in [6.07, 6.45) is 4.07. The molecule has 1 fully saturated rings. The van der Waals surface area contributed by atoms with Crippen molar-refractivity contribution in [2.45, 2.75) is 33.1 Å². The second kappa shape index (κ2) is 7.96. The molecule has 1 saturated heterocycles. The Morgan fingerprint density at radius 1 is 1.04 bits per heavy atom. The Bertz CT molecular complexity index is 974. The van der Waals surface area contributed by atoms with Crippen molar-refractivity contribution in [3.05, 3.63) is 47.4 Å². The fourth-order valence-corrected chi connectivity index (χ4v) is 3.77. The summed E-state index contributed by atoms with van der Waals surface area (Å²) < 4.78 is 0. The summed E-state index contributed by atoms with van der Waals surface area (Å²) in [4.78, 5) is 24.8. The van der Waals surface area contributed by atoms with Crippen molar-refractivity contribution in [1.82, 2.24) is 25.1 Å². The molecule has 2 aromatic heterocycles. The molecule has 3 heterocycles. The lowest BCUT2D eigenvalue weighted by molar-refractivity contribution is -0.130. The molecule has 3 aromatic rings. The molecular formula is C21H26N6O. The number of amides is 1. The van der Waals surface area contributed by atoms with Gasteiger partial charge in [-0.1, -0.05) is 32.0 Å². The van der Waals surface area contributed by atoms with Gasteiger partial charge in [-0.05, 0) is 24.5 Å². The van der Waals surface area contributed by atoms with E-state index in [4.69, 9.17) is 4.98 Å². The van der Waals surface area contributed by atoms with Gasteiger partial charge in [-0.2, -0.15) is 5.10 Å². The van der Waals surface area contributed by atoms with Crippen LogP contribution in [0.5, 0.6) is 0 Å². The number of nitrogens with zero attached hydrogens (tertiary/aromatic N) is 5. The number of aromatic amines is 1. The summed E-state index contributed by atoms with van der Waals surface area (Å²) in [6.45, 7) is 6.99. The van der Waals surface area contributed by atoms with Crippen molar-refractivity contribution in [2.24, 2.45) is 0 Å². The third kappa shape index (κ3) is 3.56. The molecule has 1 N–H and O–H groups in total. The van der Waals surface area contributed by atoms with Crippen LogP contribution in [0.2, 0.25) is 0 Å². The summed E-state index contributed by atoms with van der Waals surface area (Å²) in [5.74, 6) is 0.844. The summed E-state index contributed by atoms with van der Waals surface area (Å²) in [5.41, 5.74) is 4.12. The Labute approximate surface area is 164 Å². The molecule has 0 saturated carbocycles. The van der Waals surface area contributed by atoms with E-state index in [1.165, 1.54) is 0 Å². The van der Waals surface area contributed by atoms with Gasteiger partial charge < -0.3 is 14.8 Å². The largest absolute Gasteiger partial charge is 0.361 e. The molecule has 0 aliphatic carbocycles. The van der Waals surface area contributed by atoms with Gasteiger partial charge in [0.1, 0.15) is 0 Å². The first-order chi connectivity index (χ1) is 13.7. The second-order valence-corrected chi connectivity index (χ2v) is 7.12. The molecule has 7 heteroatoms. The van der Waals surface area contributed by atoms with Crippen LogP contribution in [-0.4, -0.2) is 57.2 Å². The van der Waals surface area contributed by atoms with E-state index in [1.807, 2.05) is 29.3 Å². The van der Waals surface area contributed by atoms with Crippen LogP contribution in [0.15, 0.2) is 30.5 Å². The SMILES string of the molecule is CCc1nnc(N2CCN(C(=O)Cc3c[nH]c4ccccc34)CC2)nc1CC. The molecular weight excluding hydrogens is 352 g/mol. The van der Waals surface area contributed by atoms with Crippen LogP contribution in [0.4, 0.5) is 5.95 Å². The van der Waals surface area contributed by atoms with Gasteiger partial charge in [0, 0.05) is 43.3 Å². The number of nitrogens with one attached hydrogen (secondary N) is 1. The highest BCUT2D eigenvalue weighted by Gasteiger charge is 2.24. The first-order valence-corrected chi connectivity index (χ1v) is 9.99. The number of benzene rings is 1. The monoisotopic (exact) mass is 378 g/mol. The van der Waals surface area contributed by atoms with Gasteiger partial charge in [0.05, 0.1) is 17.8 Å². The Morgan fingerprint density at radius 2 is 1.79 bits per heavy atom. The lowest BCUT2D eigenvalue weighted by Gasteiger charge is -2.34. The molecule has 0 radical (unpaired) electrons. The van der Waals surface area contributed by atoms with Crippen molar-refractivity contribution >= 4 is 22.8 Å². The third-order valence-corrected chi connectivity index (χ3v) is 5.43. The van der Waals surface area contributed by atoms with Crippen molar-refractivity contribution in [3.63, 3.8) is 0 Å². The number of para-hydroxylation sites is 1. The zero-order valence-electron chi connectivity index (χ0n) is 16.5. The van der Waals surface area contributed by atoms with E-state index in [1.54, 1.807) is 0 Å². The molecule has 0 atom stereocenters. The van der Waals surface area contributed by atoms with Crippen molar-refractivity contribution < 1.29 is 4.79 Å². The van der Waals surface area contributed by atoms with Crippen molar-refractivity contribution in [2.75, 3.05) is 31.1 Å². The first-order valence-electron chi connectivity index (χ1n) is 9.99. The Morgan fingerprint density at radius 3 is 2.54 bits per heavy atom. The van der Waals surface area contributed by atoms with Gasteiger partial charge in [-0.15, -0.1) is 5.10 Å². The Kier molecular flexibility index (Phi) is 5.23. The average molecular weight is 378 g/mol. The summed E-state index contributed by atoms with van der Waals surface area (Å²) >= 11 is 0. The number of fused-ring (bicyclic) bond motifs is 1. The lowest BCUT2D eigenvalue weighted by atomic mass is 10.1. The van der Waals surface area contributed by atoms with E-state index in [9.17, 15) is 4.79 Å². The molecule has 28 heavy (non-hydrogen) atoms. The first kappa shape index (κ1) is 18.4. The number of hydrogen-bond acceptors (Lipinski definition) is 5. The standard InChI is InChI=1S/C21H26N6O/c1-3-17-18(4-2)24-25-21(23-17)27-11-9-26(10-12-27)20(28)13-15-14-22-19-8-6-5-7-16(15)19/h5-8,14,22H,3-4,9-13H2,1-2H3. The van der Waals surface area contributed by atoms with Crippen LogP contribution in [0.1, 0.15) is 30.8 Å². The predicted octanol–water partition coefficient (Wildman–Crippen LogP) is 2.37. The number of aromatic nitrogens is 4. The van der Waals surface area contributed by atoms with Crippen LogP contribution in [0.25, 0.3) is 10.9 Å². The predicted molar refractivity (Wildman–Crippen MR) is 109 cm³/mol. The average Bonchev–Trinajstić information content (AvgIpc) is 3.16. The van der Waals surface area contributed by atoms with Crippen LogP contribution >= 0.6 is 0 Å². The number of carbonyl (C=O) groups is 1. The fraction of sp³-hybridized carbons (Fsp3) is 0.429. The van der Waals surface area contributed by atoms with Gasteiger partial charge in [-0.3, -0.25) is 4.79 Å². The molecule has 4 rings (SSSR count). The minimum Gasteiger partial charge on any atom is -0.361 e. The smallest absolute Gasteiger partial charge is 0.245 e. The number of aryl methyl sites for hydroxylation is 2. The van der Waals surface area contributed by atoms with Crippen LogP contribution in [0, 0.1) is 0 Å². The molecule has 146 valence electrons. The Balaban J connectivity index is 1.39. The number of hydrogen-bond donors (Lipinski definition) is 1. The van der Waals surface area contributed by atoms with E-state index in [0.717, 1.165) is 53.8 Å². The van der Waals surface area contributed by atoms with Crippen molar-refractivity contribution in [1.29, 1.82) is 0 Å². The molecule has 1 aliphatic rings. The molecule has 0 unspecified atom stereocenters. The summed E-state index contributed by atoms with van der Waals surface area (Å²) in [5, 5.41) is 9.76. The minimum absolute atomic E-state index is 0.166. The number of carbonyl (C=O) groups excluding carboxylic acids is 1. The molecule has 0 spiro atoms. The molecule has 1 aliphatic heterocycles. The van der Waals surface area contributed by atoms with Gasteiger partial charge in [0.2, 0.25) is 11.9 Å². The van der Waals surface area contributed by atoms with Gasteiger partial charge in [-0.25, -0.2) is 4.98 Å². The quantitative estimate of drug-likeness (QED) is 0.737. The van der Waals surface area contributed by atoms with Gasteiger partial charge in [0.25, 0.3) is 0 Å². The summed E-state index contributed by atoms with van der Waals surface area (Å²) in [6, 6.07) is 8.09. The molecule has 1 aromatic carbocycles. The van der Waals surface area contributed by atoms with E-state index >= 15 is 0 Å². The topological polar surface area (TPSA) is 78.0 Å². The van der Waals surface area contributed by atoms with Gasteiger partial charge >= 0.3 is 0 Å². The number of rotatable bonds is 5. The Hall–Kier alpha value is -2.96. The van der Waals surface area contributed by atoms with E-state index in [2.05, 4.69) is 40.0 Å². The molecule has 1 amide bonds. The maximum absolute atomic E-state index is 12.8. The van der Waals surface area contributed by atoms with Crippen LogP contribution < -0.4 is 4.90 Å².